The number of sulfonamides is 1. The predicted molar refractivity (Wildman–Crippen MR) is 109 cm³/mol. The molecule has 2 N–H and O–H groups in total. The Morgan fingerprint density at radius 3 is 2.50 bits per heavy atom. The SMILES string of the molecule is CS(=O)(=O)Nc1ccccc1C1=NN(C(=O)CCC(=O)O)[C@H](c2ccccc2F)C1. The number of rotatable bonds is 7. The molecule has 0 spiro atoms. The molecule has 1 heterocycles. The van der Waals surface area contributed by atoms with Crippen molar-refractivity contribution < 1.29 is 27.5 Å². The van der Waals surface area contributed by atoms with E-state index in [0.717, 1.165) is 11.3 Å². The number of carboxylic acid groups (broad SMARTS) is 1. The van der Waals surface area contributed by atoms with Crippen molar-refractivity contribution in [1.29, 1.82) is 0 Å². The average molecular weight is 433 g/mol. The van der Waals surface area contributed by atoms with E-state index < -0.39 is 33.8 Å². The minimum atomic E-state index is -3.56. The Kier molecular flexibility index (Phi) is 6.16. The second kappa shape index (κ2) is 8.62. The second-order valence-electron chi connectivity index (χ2n) is 6.84. The number of halogens is 1. The number of amides is 1. The van der Waals surface area contributed by atoms with Gasteiger partial charge in [0.1, 0.15) is 5.82 Å². The van der Waals surface area contributed by atoms with Crippen LogP contribution in [0.5, 0.6) is 0 Å². The molecule has 0 aromatic heterocycles. The first kappa shape index (κ1) is 21.4. The van der Waals surface area contributed by atoms with E-state index >= 15 is 0 Å². The summed E-state index contributed by atoms with van der Waals surface area (Å²) in [6, 6.07) is 11.8. The molecule has 0 saturated carbocycles. The molecule has 1 atom stereocenters. The molecule has 0 saturated heterocycles. The zero-order valence-corrected chi connectivity index (χ0v) is 16.9. The molecule has 0 radical (unpaired) electrons. The van der Waals surface area contributed by atoms with Gasteiger partial charge in [0.25, 0.3) is 0 Å². The number of hydrogen-bond donors (Lipinski definition) is 2. The number of anilines is 1. The zero-order chi connectivity index (χ0) is 21.9. The number of hydrazone groups is 1. The van der Waals surface area contributed by atoms with Crippen molar-refractivity contribution in [3.8, 4) is 0 Å². The molecule has 8 nitrogen and oxygen atoms in total. The maximum Gasteiger partial charge on any atom is 0.303 e. The van der Waals surface area contributed by atoms with E-state index in [1.165, 1.54) is 18.2 Å². The molecule has 0 unspecified atom stereocenters. The van der Waals surface area contributed by atoms with Crippen molar-refractivity contribution in [1.82, 2.24) is 5.01 Å². The third-order valence-corrected chi connectivity index (χ3v) is 5.11. The molecule has 158 valence electrons. The molecule has 0 aliphatic carbocycles. The van der Waals surface area contributed by atoms with Crippen LogP contribution in [0.3, 0.4) is 0 Å². The van der Waals surface area contributed by atoms with Gasteiger partial charge in [-0.05, 0) is 12.1 Å². The summed E-state index contributed by atoms with van der Waals surface area (Å²) in [4.78, 5) is 23.5. The van der Waals surface area contributed by atoms with Crippen LogP contribution in [-0.4, -0.2) is 42.4 Å². The molecule has 1 aliphatic rings. The Balaban J connectivity index is 2.01. The van der Waals surface area contributed by atoms with Crippen molar-refractivity contribution in [3.63, 3.8) is 0 Å². The Labute approximate surface area is 173 Å². The lowest BCUT2D eigenvalue weighted by atomic mass is 9.97. The number of carbonyl (C=O) groups is 2. The highest BCUT2D eigenvalue weighted by atomic mass is 32.2. The Hall–Kier alpha value is -3.27. The van der Waals surface area contributed by atoms with Gasteiger partial charge in [-0.1, -0.05) is 36.4 Å². The molecule has 2 aromatic carbocycles. The van der Waals surface area contributed by atoms with E-state index in [1.807, 2.05) is 0 Å². The molecule has 2 aromatic rings. The lowest BCUT2D eigenvalue weighted by Gasteiger charge is -2.22. The minimum Gasteiger partial charge on any atom is -0.481 e. The maximum absolute atomic E-state index is 14.4. The van der Waals surface area contributed by atoms with Gasteiger partial charge in [0.15, 0.2) is 0 Å². The highest BCUT2D eigenvalue weighted by Gasteiger charge is 2.35. The minimum absolute atomic E-state index is 0.141. The van der Waals surface area contributed by atoms with Gasteiger partial charge < -0.3 is 5.11 Å². The van der Waals surface area contributed by atoms with Crippen molar-refractivity contribution in [2.24, 2.45) is 5.10 Å². The number of para-hydroxylation sites is 1. The monoisotopic (exact) mass is 433 g/mol. The van der Waals surface area contributed by atoms with Crippen LogP contribution < -0.4 is 4.72 Å². The average Bonchev–Trinajstić information content (AvgIpc) is 3.10. The predicted octanol–water partition coefficient (Wildman–Crippen LogP) is 2.74. The summed E-state index contributed by atoms with van der Waals surface area (Å²) in [6.45, 7) is 0. The largest absolute Gasteiger partial charge is 0.481 e. The summed E-state index contributed by atoms with van der Waals surface area (Å²) < 4.78 is 40.3. The first-order chi connectivity index (χ1) is 14.2. The van der Waals surface area contributed by atoms with E-state index in [4.69, 9.17) is 5.11 Å². The van der Waals surface area contributed by atoms with Crippen LogP contribution in [-0.2, 0) is 19.6 Å². The lowest BCUT2D eigenvalue weighted by molar-refractivity contribution is -0.141. The number of carbonyl (C=O) groups excluding carboxylic acids is 1. The van der Waals surface area contributed by atoms with E-state index in [-0.39, 0.29) is 30.5 Å². The fourth-order valence-electron chi connectivity index (χ4n) is 3.24. The van der Waals surface area contributed by atoms with Crippen LogP contribution in [0.25, 0.3) is 0 Å². The summed E-state index contributed by atoms with van der Waals surface area (Å²) in [6.07, 6.45) is 0.489. The van der Waals surface area contributed by atoms with Gasteiger partial charge in [0.05, 0.1) is 30.1 Å². The first-order valence-corrected chi connectivity index (χ1v) is 11.0. The van der Waals surface area contributed by atoms with Crippen molar-refractivity contribution in [3.05, 3.63) is 65.5 Å². The van der Waals surface area contributed by atoms with E-state index in [1.54, 1.807) is 30.3 Å². The summed E-state index contributed by atoms with van der Waals surface area (Å²) >= 11 is 0. The van der Waals surface area contributed by atoms with Crippen molar-refractivity contribution in [2.75, 3.05) is 11.0 Å². The first-order valence-electron chi connectivity index (χ1n) is 9.08. The van der Waals surface area contributed by atoms with E-state index in [2.05, 4.69) is 9.82 Å². The van der Waals surface area contributed by atoms with Crippen LogP contribution in [0.2, 0.25) is 0 Å². The van der Waals surface area contributed by atoms with Crippen LogP contribution in [0.1, 0.15) is 36.4 Å². The number of carboxylic acids is 1. The summed E-state index contributed by atoms with van der Waals surface area (Å²) in [5.41, 5.74) is 1.37. The molecule has 30 heavy (non-hydrogen) atoms. The fourth-order valence-corrected chi connectivity index (χ4v) is 3.82. The smallest absolute Gasteiger partial charge is 0.303 e. The fraction of sp³-hybridized carbons (Fsp3) is 0.250. The lowest BCUT2D eigenvalue weighted by Crippen LogP contribution is -2.28. The molecule has 1 amide bonds. The molecular formula is C20H20FN3O5S. The van der Waals surface area contributed by atoms with Gasteiger partial charge in [-0.25, -0.2) is 17.8 Å². The van der Waals surface area contributed by atoms with Crippen LogP contribution >= 0.6 is 0 Å². The van der Waals surface area contributed by atoms with Gasteiger partial charge >= 0.3 is 5.97 Å². The number of aliphatic carboxylic acids is 1. The highest BCUT2D eigenvalue weighted by molar-refractivity contribution is 7.92. The molecule has 0 fully saturated rings. The third-order valence-electron chi connectivity index (χ3n) is 4.52. The zero-order valence-electron chi connectivity index (χ0n) is 16.1. The van der Waals surface area contributed by atoms with Crippen LogP contribution in [0, 0.1) is 5.82 Å². The van der Waals surface area contributed by atoms with Crippen molar-refractivity contribution in [2.45, 2.75) is 25.3 Å². The topological polar surface area (TPSA) is 116 Å². The molecule has 0 bridgehead atoms. The van der Waals surface area contributed by atoms with Gasteiger partial charge in [-0.2, -0.15) is 5.10 Å². The quantitative estimate of drug-likeness (QED) is 0.697. The number of nitrogens with one attached hydrogen (secondary N) is 1. The van der Waals surface area contributed by atoms with Gasteiger partial charge in [-0.15, -0.1) is 0 Å². The number of nitrogens with zero attached hydrogens (tertiary/aromatic N) is 2. The Morgan fingerprint density at radius 1 is 1.17 bits per heavy atom. The van der Waals surface area contributed by atoms with E-state index in [0.29, 0.717) is 11.3 Å². The molecule has 10 heteroatoms. The van der Waals surface area contributed by atoms with Gasteiger partial charge in [-0.3, -0.25) is 14.3 Å². The summed E-state index contributed by atoms with van der Waals surface area (Å²) in [5, 5.41) is 14.3. The van der Waals surface area contributed by atoms with Crippen LogP contribution in [0.4, 0.5) is 10.1 Å². The number of benzene rings is 2. The standard InChI is InChI=1S/C20H20FN3O5S/c1-30(28,29)23-16-9-5-3-7-14(16)17-12-18(13-6-2-4-8-15(13)21)24(22-17)19(25)10-11-20(26)27/h2-9,18,23H,10-12H2,1H3,(H,26,27)/t18-/m0/s1. The van der Waals surface area contributed by atoms with Gasteiger partial charge in [0, 0.05) is 24.0 Å². The Morgan fingerprint density at radius 2 is 1.83 bits per heavy atom. The summed E-state index contributed by atoms with van der Waals surface area (Å²) in [7, 11) is -3.56. The third kappa shape index (κ3) is 5.01. The Bertz CT molecular complexity index is 1120. The number of hydrogen-bond acceptors (Lipinski definition) is 5. The molecular weight excluding hydrogens is 413 g/mol. The molecule has 1 aliphatic heterocycles. The molecule has 3 rings (SSSR count). The summed E-state index contributed by atoms with van der Waals surface area (Å²) in [5.74, 6) is -2.20. The van der Waals surface area contributed by atoms with E-state index in [9.17, 15) is 22.4 Å². The normalized spacial score (nSPS) is 16.3. The highest BCUT2D eigenvalue weighted by Crippen LogP contribution is 2.36. The second-order valence-corrected chi connectivity index (χ2v) is 8.59. The maximum atomic E-state index is 14.4. The van der Waals surface area contributed by atoms with Gasteiger partial charge in [0.2, 0.25) is 15.9 Å². The van der Waals surface area contributed by atoms with Crippen LogP contribution in [0.15, 0.2) is 53.6 Å². The van der Waals surface area contributed by atoms with Crippen molar-refractivity contribution >= 4 is 33.3 Å².